The Labute approximate surface area is 192 Å². The number of fused-ring (bicyclic) bond motifs is 1. The van der Waals surface area contributed by atoms with Crippen LogP contribution in [-0.2, 0) is 0 Å². The first-order chi connectivity index (χ1) is 15.3. The Morgan fingerprint density at radius 2 is 1.88 bits per heavy atom. The molecule has 168 valence electrons. The maximum absolute atomic E-state index is 13.5. The Bertz CT molecular complexity index is 1260. The van der Waals surface area contributed by atoms with Crippen molar-refractivity contribution in [3.05, 3.63) is 50.2 Å². The van der Waals surface area contributed by atoms with Crippen LogP contribution in [0.15, 0.2) is 23.0 Å². The molecule has 3 heterocycles. The molecule has 0 radical (unpaired) electrons. The third kappa shape index (κ3) is 4.01. The molecule has 2 aromatic heterocycles. The van der Waals surface area contributed by atoms with Gasteiger partial charge in [-0.05, 0) is 19.1 Å². The lowest BCUT2D eigenvalue weighted by molar-refractivity contribution is 0.0933. The van der Waals surface area contributed by atoms with E-state index in [1.807, 2.05) is 5.01 Å². The van der Waals surface area contributed by atoms with Gasteiger partial charge in [0.15, 0.2) is 28.3 Å². The summed E-state index contributed by atoms with van der Waals surface area (Å²) >= 11 is 12.2. The summed E-state index contributed by atoms with van der Waals surface area (Å²) in [5.41, 5.74) is 11.3. The summed E-state index contributed by atoms with van der Waals surface area (Å²) in [7, 11) is 0. The van der Waals surface area contributed by atoms with Crippen molar-refractivity contribution in [1.82, 2.24) is 30.3 Å². The number of nitrogen functional groups attached to an aromatic ring is 2. The molecule has 3 aromatic rings. The van der Waals surface area contributed by atoms with Gasteiger partial charge in [0.05, 0.1) is 22.0 Å². The lowest BCUT2D eigenvalue weighted by Crippen LogP contribution is -2.54. The van der Waals surface area contributed by atoms with Gasteiger partial charge in [-0.1, -0.05) is 29.3 Å². The molecule has 1 atom stereocenters. The summed E-state index contributed by atoms with van der Waals surface area (Å²) in [6.07, 6.45) is 0. The van der Waals surface area contributed by atoms with Gasteiger partial charge in [-0.15, -0.1) is 0 Å². The summed E-state index contributed by atoms with van der Waals surface area (Å²) in [5, 5.41) is 8.38. The highest BCUT2D eigenvalue weighted by Gasteiger charge is 2.25. The topological polar surface area (TPSA) is 157 Å². The number of nitrogens with zero attached hydrogens (tertiary/aromatic N) is 5. The Morgan fingerprint density at radius 3 is 2.59 bits per heavy atom. The van der Waals surface area contributed by atoms with E-state index in [2.05, 4.69) is 25.6 Å². The van der Waals surface area contributed by atoms with Gasteiger partial charge in [-0.25, -0.2) is 19.6 Å². The van der Waals surface area contributed by atoms with Gasteiger partial charge in [-0.2, -0.15) is 0 Å². The zero-order valence-corrected chi connectivity index (χ0v) is 18.6. The average molecular weight is 478 g/mol. The number of halogens is 2. The number of amides is 1. The number of anilines is 2. The largest absolute Gasteiger partial charge is 0.382 e. The zero-order chi connectivity index (χ0) is 23.0. The number of piperazine rings is 1. The molecule has 1 aromatic carbocycles. The number of nitrogens with one attached hydrogen (secondary N) is 2. The van der Waals surface area contributed by atoms with E-state index < -0.39 is 11.9 Å². The quantitative estimate of drug-likeness (QED) is 0.424. The summed E-state index contributed by atoms with van der Waals surface area (Å²) in [5.74, 6) is -0.520. The predicted molar refractivity (Wildman–Crippen MR) is 124 cm³/mol. The minimum Gasteiger partial charge on any atom is -0.382 e. The molecule has 0 spiro atoms. The number of nitrogens with two attached hydrogens (primary N) is 2. The molecule has 6 N–H and O–H groups in total. The van der Waals surface area contributed by atoms with E-state index in [0.717, 1.165) is 0 Å². The number of hydrogen-bond donors (Lipinski definition) is 4. The number of rotatable bonds is 4. The van der Waals surface area contributed by atoms with Crippen molar-refractivity contribution in [2.45, 2.75) is 13.0 Å². The Balaban J connectivity index is 1.78. The number of carbonyl (C=O) groups excluding carboxylic acids is 1. The van der Waals surface area contributed by atoms with Gasteiger partial charge in [0.25, 0.3) is 11.5 Å². The molecule has 1 aliphatic heterocycles. The van der Waals surface area contributed by atoms with E-state index in [4.69, 9.17) is 34.7 Å². The van der Waals surface area contributed by atoms with E-state index in [9.17, 15) is 9.59 Å². The molecule has 32 heavy (non-hydrogen) atoms. The van der Waals surface area contributed by atoms with Crippen LogP contribution in [0.2, 0.25) is 10.2 Å². The third-order valence-corrected chi connectivity index (χ3v) is 5.67. The van der Waals surface area contributed by atoms with E-state index in [-0.39, 0.29) is 28.0 Å². The first kappa shape index (κ1) is 22.1. The van der Waals surface area contributed by atoms with Crippen LogP contribution in [0.25, 0.3) is 10.9 Å². The van der Waals surface area contributed by atoms with Gasteiger partial charge in [0, 0.05) is 26.2 Å². The van der Waals surface area contributed by atoms with Crippen LogP contribution in [0.3, 0.4) is 0 Å². The number of benzene rings is 1. The van der Waals surface area contributed by atoms with Crippen molar-refractivity contribution in [2.75, 3.05) is 42.7 Å². The Kier molecular flexibility index (Phi) is 6.04. The Morgan fingerprint density at radius 1 is 1.16 bits per heavy atom. The highest BCUT2D eigenvalue weighted by atomic mass is 35.5. The highest BCUT2D eigenvalue weighted by Crippen LogP contribution is 2.22. The molecule has 0 saturated carbocycles. The molecule has 1 saturated heterocycles. The SMILES string of the molecule is C[C@H](NC(=O)c1nc(Cl)c(N)nc1N)c1nc2cccc(Cl)c2c(=O)n1N1CCNCC1. The molecular formula is C19H21Cl2N9O2. The van der Waals surface area contributed by atoms with Crippen molar-refractivity contribution in [3.63, 3.8) is 0 Å². The van der Waals surface area contributed by atoms with E-state index >= 15 is 0 Å². The smallest absolute Gasteiger partial charge is 0.281 e. The van der Waals surface area contributed by atoms with Crippen LogP contribution in [0.1, 0.15) is 29.3 Å². The lowest BCUT2D eigenvalue weighted by atomic mass is 10.2. The predicted octanol–water partition coefficient (Wildman–Crippen LogP) is 0.690. The second-order valence-electron chi connectivity index (χ2n) is 7.25. The van der Waals surface area contributed by atoms with Crippen molar-refractivity contribution in [1.29, 1.82) is 0 Å². The fourth-order valence-electron chi connectivity index (χ4n) is 3.54. The summed E-state index contributed by atoms with van der Waals surface area (Å²) in [6.45, 7) is 4.26. The van der Waals surface area contributed by atoms with Crippen LogP contribution in [0, 0.1) is 0 Å². The van der Waals surface area contributed by atoms with Gasteiger partial charge in [-0.3, -0.25) is 9.59 Å². The average Bonchev–Trinajstić information content (AvgIpc) is 2.76. The second kappa shape index (κ2) is 8.77. The fourth-order valence-corrected chi connectivity index (χ4v) is 3.92. The molecule has 0 aliphatic carbocycles. The molecule has 4 rings (SSSR count). The van der Waals surface area contributed by atoms with Crippen molar-refractivity contribution in [3.8, 4) is 0 Å². The van der Waals surface area contributed by atoms with Crippen LogP contribution >= 0.6 is 23.2 Å². The molecule has 1 fully saturated rings. The number of aromatic nitrogens is 4. The molecule has 11 nitrogen and oxygen atoms in total. The van der Waals surface area contributed by atoms with Crippen LogP contribution in [-0.4, -0.2) is 51.7 Å². The molecule has 1 aliphatic rings. The monoisotopic (exact) mass is 477 g/mol. The summed E-state index contributed by atoms with van der Waals surface area (Å²) in [6, 6.07) is 4.37. The van der Waals surface area contributed by atoms with E-state index in [1.165, 1.54) is 4.68 Å². The zero-order valence-electron chi connectivity index (χ0n) is 17.1. The van der Waals surface area contributed by atoms with Crippen LogP contribution < -0.4 is 32.7 Å². The first-order valence-electron chi connectivity index (χ1n) is 9.84. The van der Waals surface area contributed by atoms with Crippen molar-refractivity contribution in [2.24, 2.45) is 0 Å². The third-order valence-electron chi connectivity index (χ3n) is 5.08. The van der Waals surface area contributed by atoms with Crippen LogP contribution in [0.4, 0.5) is 11.6 Å². The molecule has 0 unspecified atom stereocenters. The summed E-state index contributed by atoms with van der Waals surface area (Å²) in [4.78, 5) is 38.7. The van der Waals surface area contributed by atoms with Gasteiger partial charge < -0.3 is 27.1 Å². The summed E-state index contributed by atoms with van der Waals surface area (Å²) < 4.78 is 1.48. The van der Waals surface area contributed by atoms with Gasteiger partial charge >= 0.3 is 0 Å². The van der Waals surface area contributed by atoms with Gasteiger partial charge in [0.1, 0.15) is 0 Å². The molecule has 0 bridgehead atoms. The molecular weight excluding hydrogens is 457 g/mol. The molecule has 1 amide bonds. The normalized spacial score (nSPS) is 15.0. The first-order valence-corrected chi connectivity index (χ1v) is 10.6. The van der Waals surface area contributed by atoms with Crippen molar-refractivity contribution >= 4 is 51.6 Å². The van der Waals surface area contributed by atoms with Crippen LogP contribution in [0.5, 0.6) is 0 Å². The van der Waals surface area contributed by atoms with E-state index in [1.54, 1.807) is 25.1 Å². The maximum Gasteiger partial charge on any atom is 0.281 e. The Hall–Kier alpha value is -3.15. The number of hydrogen-bond acceptors (Lipinski definition) is 9. The molecule has 13 heteroatoms. The number of carbonyl (C=O) groups is 1. The van der Waals surface area contributed by atoms with Gasteiger partial charge in [0.2, 0.25) is 0 Å². The second-order valence-corrected chi connectivity index (χ2v) is 8.02. The standard InChI is InChI=1S/C19H21Cl2N9O2/c1-9(25-18(31)13-15(22)28-16(23)14(21)27-13)17-26-11-4-2-3-10(20)12(11)19(32)30(17)29-7-5-24-6-8-29/h2-4,9,24H,5-8H2,1H3,(H,25,31)(H4,22,23,28)/t9-/m0/s1. The lowest BCUT2D eigenvalue weighted by Gasteiger charge is -2.33. The minimum atomic E-state index is -0.689. The van der Waals surface area contributed by atoms with E-state index in [0.29, 0.717) is 47.9 Å². The minimum absolute atomic E-state index is 0.0746. The maximum atomic E-state index is 13.5. The van der Waals surface area contributed by atoms with Crippen molar-refractivity contribution < 1.29 is 4.79 Å². The fraction of sp³-hybridized carbons (Fsp3) is 0.316. The highest BCUT2D eigenvalue weighted by molar-refractivity contribution is 6.35.